The van der Waals surface area contributed by atoms with Crippen molar-refractivity contribution < 1.29 is 9.23 Å². The van der Waals surface area contributed by atoms with Gasteiger partial charge >= 0.3 is 0 Å². The Morgan fingerprint density at radius 1 is 1.19 bits per heavy atom. The van der Waals surface area contributed by atoms with Crippen molar-refractivity contribution in [2.24, 2.45) is 0 Å². The fourth-order valence-electron chi connectivity index (χ4n) is 2.15. The van der Waals surface area contributed by atoms with Gasteiger partial charge in [-0.2, -0.15) is 0 Å². The van der Waals surface area contributed by atoms with Crippen molar-refractivity contribution in [2.45, 2.75) is 13.5 Å². The number of aryl methyl sites for hydroxylation is 1. The van der Waals surface area contributed by atoms with Crippen LogP contribution in [0.3, 0.4) is 0 Å². The van der Waals surface area contributed by atoms with Gasteiger partial charge in [0.25, 0.3) is 5.56 Å². The standard InChI is InChI=1S/C16H13FN2O2/c1-11-18-15-8-3-2-7-14(15)16(20)19(11)21-10-12-5-4-6-13(17)9-12/h2-9H,10H2,1H3. The molecular formula is C16H13FN2O2. The highest BCUT2D eigenvalue weighted by atomic mass is 19.1. The lowest BCUT2D eigenvalue weighted by Gasteiger charge is -2.12. The molecule has 0 N–H and O–H groups in total. The van der Waals surface area contributed by atoms with Crippen LogP contribution >= 0.6 is 0 Å². The van der Waals surface area contributed by atoms with Gasteiger partial charge in [0, 0.05) is 0 Å². The number of aromatic nitrogens is 2. The Morgan fingerprint density at radius 3 is 2.81 bits per heavy atom. The van der Waals surface area contributed by atoms with Gasteiger partial charge in [-0.1, -0.05) is 24.3 Å². The molecule has 0 saturated carbocycles. The maximum atomic E-state index is 13.1. The third-order valence-electron chi connectivity index (χ3n) is 3.14. The first-order valence-corrected chi connectivity index (χ1v) is 6.51. The molecule has 0 aliphatic rings. The molecule has 4 nitrogen and oxygen atoms in total. The van der Waals surface area contributed by atoms with Crippen LogP contribution in [0.1, 0.15) is 11.4 Å². The largest absolute Gasteiger partial charge is 0.404 e. The number of halogens is 1. The SMILES string of the molecule is Cc1nc2ccccc2c(=O)n1OCc1cccc(F)c1. The third kappa shape index (κ3) is 2.63. The predicted molar refractivity (Wildman–Crippen MR) is 77.4 cm³/mol. The average Bonchev–Trinajstić information content (AvgIpc) is 2.47. The summed E-state index contributed by atoms with van der Waals surface area (Å²) in [6.45, 7) is 1.79. The molecule has 0 unspecified atom stereocenters. The van der Waals surface area contributed by atoms with Crippen LogP contribution in [0, 0.1) is 12.7 Å². The number of hydrogen-bond donors (Lipinski definition) is 0. The Kier molecular flexibility index (Phi) is 3.39. The number of para-hydroxylation sites is 1. The van der Waals surface area contributed by atoms with Gasteiger partial charge < -0.3 is 4.84 Å². The molecule has 106 valence electrons. The summed E-state index contributed by atoms with van der Waals surface area (Å²) >= 11 is 0. The molecule has 0 aliphatic carbocycles. The van der Waals surface area contributed by atoms with E-state index >= 15 is 0 Å². The van der Waals surface area contributed by atoms with Crippen molar-refractivity contribution in [1.82, 2.24) is 9.71 Å². The second-order valence-corrected chi connectivity index (χ2v) is 4.68. The highest BCUT2D eigenvalue weighted by molar-refractivity contribution is 5.77. The van der Waals surface area contributed by atoms with Crippen LogP contribution in [0.2, 0.25) is 0 Å². The fraction of sp³-hybridized carbons (Fsp3) is 0.125. The smallest absolute Gasteiger partial charge is 0.294 e. The minimum absolute atomic E-state index is 0.0958. The predicted octanol–water partition coefficient (Wildman–Crippen LogP) is 2.47. The highest BCUT2D eigenvalue weighted by Crippen LogP contribution is 2.08. The lowest BCUT2D eigenvalue weighted by Crippen LogP contribution is -2.29. The molecule has 0 radical (unpaired) electrons. The molecule has 0 atom stereocenters. The first-order valence-electron chi connectivity index (χ1n) is 6.51. The number of nitrogens with zero attached hydrogens (tertiary/aromatic N) is 2. The molecule has 0 bridgehead atoms. The van der Waals surface area contributed by atoms with Crippen molar-refractivity contribution in [1.29, 1.82) is 0 Å². The maximum Gasteiger partial charge on any atom is 0.294 e. The van der Waals surface area contributed by atoms with Gasteiger partial charge in [-0.25, -0.2) is 9.37 Å². The summed E-state index contributed by atoms with van der Waals surface area (Å²) in [5.41, 5.74) is 1.01. The normalized spacial score (nSPS) is 10.8. The van der Waals surface area contributed by atoms with E-state index in [0.717, 1.165) is 4.73 Å². The van der Waals surface area contributed by atoms with Crippen molar-refractivity contribution in [3.8, 4) is 0 Å². The van der Waals surface area contributed by atoms with E-state index in [2.05, 4.69) is 4.98 Å². The molecule has 0 amide bonds. The Hall–Kier alpha value is -2.69. The van der Waals surface area contributed by atoms with E-state index in [4.69, 9.17) is 4.84 Å². The van der Waals surface area contributed by atoms with Crippen LogP contribution in [0.15, 0.2) is 53.3 Å². The zero-order chi connectivity index (χ0) is 14.8. The number of hydrogen-bond acceptors (Lipinski definition) is 3. The minimum Gasteiger partial charge on any atom is -0.404 e. The number of rotatable bonds is 3. The van der Waals surface area contributed by atoms with Crippen molar-refractivity contribution >= 4 is 10.9 Å². The lowest BCUT2D eigenvalue weighted by molar-refractivity contribution is 0.0829. The number of benzene rings is 2. The van der Waals surface area contributed by atoms with Crippen LogP contribution < -0.4 is 10.4 Å². The average molecular weight is 284 g/mol. The van der Waals surface area contributed by atoms with Crippen molar-refractivity contribution in [3.05, 3.63) is 76.1 Å². The Labute approximate surface area is 120 Å². The summed E-state index contributed by atoms with van der Waals surface area (Å²) in [4.78, 5) is 22.2. The van der Waals surface area contributed by atoms with Gasteiger partial charge in [0.05, 0.1) is 10.9 Å². The van der Waals surface area contributed by atoms with Crippen molar-refractivity contribution in [2.75, 3.05) is 0 Å². The van der Waals surface area contributed by atoms with E-state index < -0.39 is 0 Å². The van der Waals surface area contributed by atoms with Gasteiger partial charge in [-0.05, 0) is 36.8 Å². The fourth-order valence-corrected chi connectivity index (χ4v) is 2.15. The molecule has 2 aromatic carbocycles. The summed E-state index contributed by atoms with van der Waals surface area (Å²) < 4.78 is 14.3. The summed E-state index contributed by atoms with van der Waals surface area (Å²) in [6, 6.07) is 13.1. The molecule has 0 spiro atoms. The molecule has 21 heavy (non-hydrogen) atoms. The molecular weight excluding hydrogens is 271 g/mol. The van der Waals surface area contributed by atoms with Gasteiger partial charge in [-0.3, -0.25) is 4.79 Å². The second-order valence-electron chi connectivity index (χ2n) is 4.68. The van der Waals surface area contributed by atoms with Gasteiger partial charge in [-0.15, -0.1) is 4.73 Å². The van der Waals surface area contributed by atoms with Gasteiger partial charge in [0.15, 0.2) is 0 Å². The second kappa shape index (κ2) is 5.36. The summed E-state index contributed by atoms with van der Waals surface area (Å²) in [5.74, 6) is 0.118. The maximum absolute atomic E-state index is 13.1. The quantitative estimate of drug-likeness (QED) is 0.742. The molecule has 0 aliphatic heterocycles. The zero-order valence-corrected chi connectivity index (χ0v) is 11.4. The Bertz CT molecular complexity index is 858. The van der Waals surface area contributed by atoms with Crippen LogP contribution in [0.25, 0.3) is 10.9 Å². The van der Waals surface area contributed by atoms with Crippen molar-refractivity contribution in [3.63, 3.8) is 0 Å². The molecule has 0 saturated heterocycles. The van der Waals surface area contributed by atoms with E-state index in [1.165, 1.54) is 12.1 Å². The van der Waals surface area contributed by atoms with Crippen LogP contribution in [-0.4, -0.2) is 9.71 Å². The van der Waals surface area contributed by atoms with E-state index in [1.54, 1.807) is 37.3 Å². The number of fused-ring (bicyclic) bond motifs is 1. The molecule has 1 aromatic heterocycles. The van der Waals surface area contributed by atoms with Crippen LogP contribution in [0.5, 0.6) is 0 Å². The van der Waals surface area contributed by atoms with E-state index in [1.807, 2.05) is 6.07 Å². The van der Waals surface area contributed by atoms with E-state index in [9.17, 15) is 9.18 Å². The first-order chi connectivity index (χ1) is 10.1. The van der Waals surface area contributed by atoms with Gasteiger partial charge in [0.1, 0.15) is 18.2 Å². The Morgan fingerprint density at radius 2 is 2.00 bits per heavy atom. The topological polar surface area (TPSA) is 44.1 Å². The Balaban J connectivity index is 1.95. The van der Waals surface area contributed by atoms with Gasteiger partial charge in [0.2, 0.25) is 0 Å². The highest BCUT2D eigenvalue weighted by Gasteiger charge is 2.08. The summed E-state index contributed by atoms with van der Waals surface area (Å²) in [6.07, 6.45) is 0. The van der Waals surface area contributed by atoms with E-state index in [0.29, 0.717) is 22.3 Å². The molecule has 1 heterocycles. The molecule has 3 aromatic rings. The third-order valence-corrected chi connectivity index (χ3v) is 3.14. The van der Waals surface area contributed by atoms with Crippen LogP contribution in [0.4, 0.5) is 4.39 Å². The van der Waals surface area contributed by atoms with E-state index in [-0.39, 0.29) is 18.0 Å². The summed E-state index contributed by atoms with van der Waals surface area (Å²) in [7, 11) is 0. The molecule has 0 fully saturated rings. The van der Waals surface area contributed by atoms with Crippen LogP contribution in [-0.2, 0) is 6.61 Å². The molecule has 5 heteroatoms. The minimum atomic E-state index is -0.336. The lowest BCUT2D eigenvalue weighted by atomic mass is 10.2. The summed E-state index contributed by atoms with van der Waals surface area (Å²) in [5, 5.41) is 0.488. The first kappa shape index (κ1) is 13.3. The monoisotopic (exact) mass is 284 g/mol. The molecule has 3 rings (SSSR count). The zero-order valence-electron chi connectivity index (χ0n) is 11.4.